The Kier molecular flexibility index (Phi) is 6.84. The van der Waals surface area contributed by atoms with Gasteiger partial charge in [-0.2, -0.15) is 0 Å². The summed E-state index contributed by atoms with van der Waals surface area (Å²) in [7, 11) is 0. The molecule has 0 radical (unpaired) electrons. The molecule has 4 aromatic heterocycles. The van der Waals surface area contributed by atoms with Crippen LogP contribution in [0.1, 0.15) is 27.0 Å². The van der Waals surface area contributed by atoms with Crippen molar-refractivity contribution in [3.8, 4) is 0 Å². The molecule has 0 saturated carbocycles. The van der Waals surface area contributed by atoms with Crippen LogP contribution in [-0.4, -0.2) is 30.0 Å². The summed E-state index contributed by atoms with van der Waals surface area (Å²) in [5, 5.41) is 3.98. The summed E-state index contributed by atoms with van der Waals surface area (Å²) >= 11 is 6.12. The van der Waals surface area contributed by atoms with Crippen molar-refractivity contribution in [2.45, 2.75) is 19.6 Å². The van der Waals surface area contributed by atoms with Gasteiger partial charge in [0.15, 0.2) is 11.6 Å². The Balaban J connectivity index is 1.32. The number of pyridine rings is 2. The second-order valence-electron chi connectivity index (χ2n) is 8.50. The first-order valence-electron chi connectivity index (χ1n) is 11.4. The average molecular weight is 537 g/mol. The standard InChI is InChI=1S/C26H19ClF2N6O3/c27-20-10-32-25-19(20)7-15(8-31-25)9-33-26(38)18-3-4-21(36)35(14-18)13-17-2-1-16(23(28)24(17)29)12-34-6-5-30-11-22(34)37/h1-8,10-11,14H,9,12-13H2,(H,31,32)(H,33,38). The van der Waals surface area contributed by atoms with Gasteiger partial charge in [0.25, 0.3) is 17.0 Å². The van der Waals surface area contributed by atoms with E-state index in [1.165, 1.54) is 47.4 Å². The first-order chi connectivity index (χ1) is 18.3. The first-order valence-corrected chi connectivity index (χ1v) is 11.7. The second-order valence-corrected chi connectivity index (χ2v) is 8.90. The summed E-state index contributed by atoms with van der Waals surface area (Å²) in [5.41, 5.74) is 0.429. The minimum absolute atomic E-state index is 0.0337. The number of H-pyrrole nitrogens is 1. The Morgan fingerprint density at radius 3 is 2.47 bits per heavy atom. The van der Waals surface area contributed by atoms with E-state index in [0.717, 1.165) is 16.2 Å². The third kappa shape index (κ3) is 5.09. The monoisotopic (exact) mass is 536 g/mol. The van der Waals surface area contributed by atoms with Crippen LogP contribution in [0, 0.1) is 11.6 Å². The minimum Gasteiger partial charge on any atom is -0.348 e. The van der Waals surface area contributed by atoms with E-state index in [2.05, 4.69) is 20.3 Å². The predicted molar refractivity (Wildman–Crippen MR) is 136 cm³/mol. The molecule has 9 nitrogen and oxygen atoms in total. The Hall–Kier alpha value is -4.64. The van der Waals surface area contributed by atoms with Crippen LogP contribution in [0.4, 0.5) is 8.78 Å². The van der Waals surface area contributed by atoms with E-state index in [1.807, 2.05) is 0 Å². The maximum atomic E-state index is 14.9. The number of halogens is 3. The number of hydrogen-bond donors (Lipinski definition) is 2. The molecule has 0 aliphatic rings. The lowest BCUT2D eigenvalue weighted by Crippen LogP contribution is -2.27. The molecular weight excluding hydrogens is 518 g/mol. The van der Waals surface area contributed by atoms with Gasteiger partial charge in [-0.25, -0.2) is 13.8 Å². The minimum atomic E-state index is -1.14. The van der Waals surface area contributed by atoms with Gasteiger partial charge in [0, 0.05) is 60.1 Å². The van der Waals surface area contributed by atoms with Crippen molar-refractivity contribution in [3.63, 3.8) is 0 Å². The zero-order valence-corrected chi connectivity index (χ0v) is 20.4. The summed E-state index contributed by atoms with van der Waals surface area (Å²) in [6.07, 6.45) is 8.31. The number of hydrogen-bond acceptors (Lipinski definition) is 5. The molecule has 1 aromatic carbocycles. The fourth-order valence-corrected chi connectivity index (χ4v) is 4.13. The van der Waals surface area contributed by atoms with E-state index in [1.54, 1.807) is 18.5 Å². The molecule has 0 aliphatic heterocycles. The van der Waals surface area contributed by atoms with Crippen molar-refractivity contribution in [2.24, 2.45) is 0 Å². The Bertz CT molecular complexity index is 1800. The smallest absolute Gasteiger partial charge is 0.269 e. The lowest BCUT2D eigenvalue weighted by molar-refractivity contribution is 0.0950. The molecule has 0 atom stereocenters. The van der Waals surface area contributed by atoms with E-state index in [4.69, 9.17) is 11.6 Å². The molecule has 192 valence electrons. The summed E-state index contributed by atoms with van der Waals surface area (Å²) in [6, 6.07) is 7.03. The van der Waals surface area contributed by atoms with Gasteiger partial charge in [-0.1, -0.05) is 23.7 Å². The molecule has 5 rings (SSSR count). The van der Waals surface area contributed by atoms with Gasteiger partial charge in [-0.05, 0) is 17.7 Å². The topological polar surface area (TPSA) is 115 Å². The molecule has 0 fully saturated rings. The third-order valence-corrected chi connectivity index (χ3v) is 6.27. The third-order valence-electron chi connectivity index (χ3n) is 5.96. The van der Waals surface area contributed by atoms with E-state index in [-0.39, 0.29) is 36.3 Å². The highest BCUT2D eigenvalue weighted by molar-refractivity contribution is 6.35. The van der Waals surface area contributed by atoms with Crippen LogP contribution in [0.3, 0.4) is 0 Å². The first kappa shape index (κ1) is 25.0. The van der Waals surface area contributed by atoms with Crippen LogP contribution in [0.5, 0.6) is 0 Å². The van der Waals surface area contributed by atoms with Crippen molar-refractivity contribution in [1.82, 2.24) is 29.4 Å². The van der Waals surface area contributed by atoms with Gasteiger partial charge in [0.1, 0.15) is 5.65 Å². The zero-order valence-electron chi connectivity index (χ0n) is 19.6. The number of amides is 1. The molecule has 0 aliphatic carbocycles. The molecule has 0 saturated heterocycles. The molecule has 0 spiro atoms. The van der Waals surface area contributed by atoms with Crippen molar-refractivity contribution >= 4 is 28.5 Å². The molecule has 0 unspecified atom stereocenters. The second kappa shape index (κ2) is 10.4. The van der Waals surface area contributed by atoms with Gasteiger partial charge < -0.3 is 19.4 Å². The molecular formula is C26H19ClF2N6O3. The van der Waals surface area contributed by atoms with Crippen LogP contribution in [0.25, 0.3) is 11.0 Å². The van der Waals surface area contributed by atoms with Crippen LogP contribution >= 0.6 is 11.6 Å². The number of carbonyl (C=O) groups excluding carboxylic acids is 1. The van der Waals surface area contributed by atoms with Crippen LogP contribution in [-0.2, 0) is 19.6 Å². The van der Waals surface area contributed by atoms with Gasteiger partial charge >= 0.3 is 0 Å². The normalized spacial score (nSPS) is 11.1. The molecule has 0 bridgehead atoms. The number of fused-ring (bicyclic) bond motifs is 1. The lowest BCUT2D eigenvalue weighted by Gasteiger charge is -2.12. The highest BCUT2D eigenvalue weighted by Gasteiger charge is 2.16. The Labute approximate surface area is 218 Å². The highest BCUT2D eigenvalue weighted by Crippen LogP contribution is 2.22. The molecule has 12 heteroatoms. The number of benzene rings is 1. The zero-order chi connectivity index (χ0) is 26.8. The lowest BCUT2D eigenvalue weighted by atomic mass is 10.1. The fraction of sp³-hybridized carbons (Fsp3) is 0.115. The number of carbonyl (C=O) groups is 1. The van der Waals surface area contributed by atoms with E-state index < -0.39 is 28.7 Å². The number of aromatic nitrogens is 5. The summed E-state index contributed by atoms with van der Waals surface area (Å²) in [4.78, 5) is 47.8. The average Bonchev–Trinajstić information content (AvgIpc) is 3.29. The van der Waals surface area contributed by atoms with Crippen molar-refractivity contribution < 1.29 is 13.6 Å². The van der Waals surface area contributed by atoms with Gasteiger partial charge in [-0.3, -0.25) is 19.4 Å². The molecule has 5 aromatic rings. The summed E-state index contributed by atoms with van der Waals surface area (Å²) in [5.74, 6) is -2.73. The predicted octanol–water partition coefficient (Wildman–Crippen LogP) is 3.24. The summed E-state index contributed by atoms with van der Waals surface area (Å²) in [6.45, 7) is -0.326. The molecule has 2 N–H and O–H groups in total. The summed E-state index contributed by atoms with van der Waals surface area (Å²) < 4.78 is 32.0. The number of rotatable bonds is 7. The van der Waals surface area contributed by atoms with Gasteiger partial charge in [0.05, 0.1) is 29.9 Å². The van der Waals surface area contributed by atoms with Crippen molar-refractivity contribution in [2.75, 3.05) is 0 Å². The molecule has 4 heterocycles. The largest absolute Gasteiger partial charge is 0.348 e. The van der Waals surface area contributed by atoms with E-state index in [0.29, 0.717) is 16.2 Å². The van der Waals surface area contributed by atoms with Gasteiger partial charge in [0.2, 0.25) is 0 Å². The van der Waals surface area contributed by atoms with Crippen LogP contribution < -0.4 is 16.4 Å². The maximum Gasteiger partial charge on any atom is 0.269 e. The number of nitrogens with zero attached hydrogens (tertiary/aromatic N) is 4. The number of nitrogens with one attached hydrogen (secondary N) is 2. The van der Waals surface area contributed by atoms with E-state index >= 15 is 0 Å². The molecule has 38 heavy (non-hydrogen) atoms. The SMILES string of the molecule is O=C(NCc1cnc2[nH]cc(Cl)c2c1)c1ccc(=O)n(Cc2ccc(Cn3ccncc3=O)c(F)c2F)c1. The maximum absolute atomic E-state index is 14.9. The Morgan fingerprint density at radius 2 is 1.74 bits per heavy atom. The number of aromatic amines is 1. The highest BCUT2D eigenvalue weighted by atomic mass is 35.5. The Morgan fingerprint density at radius 1 is 1.00 bits per heavy atom. The van der Waals surface area contributed by atoms with Crippen molar-refractivity contribution in [3.05, 3.63) is 127 Å². The quantitative estimate of drug-likeness (QED) is 0.331. The van der Waals surface area contributed by atoms with Gasteiger partial charge in [-0.15, -0.1) is 0 Å². The molecule has 1 amide bonds. The van der Waals surface area contributed by atoms with Crippen LogP contribution in [0.2, 0.25) is 5.02 Å². The van der Waals surface area contributed by atoms with Crippen LogP contribution in [0.15, 0.2) is 77.1 Å². The van der Waals surface area contributed by atoms with Crippen molar-refractivity contribution in [1.29, 1.82) is 0 Å². The van der Waals surface area contributed by atoms with E-state index in [9.17, 15) is 23.2 Å². The fourth-order valence-electron chi connectivity index (χ4n) is 3.93.